The van der Waals surface area contributed by atoms with Gasteiger partial charge in [0.2, 0.25) is 5.76 Å². The van der Waals surface area contributed by atoms with Crippen LogP contribution in [0.2, 0.25) is 0 Å². The normalized spacial score (nSPS) is 15.3. The number of piperazine rings is 1. The fraction of sp³-hybridized carbons (Fsp3) is 0.357. The van der Waals surface area contributed by atoms with Gasteiger partial charge in [-0.15, -0.1) is 0 Å². The Hall–Kier alpha value is -2.57. The third-order valence-electron chi connectivity index (χ3n) is 3.42. The number of carbonyl (C=O) groups excluding carboxylic acids is 2. The second kappa shape index (κ2) is 5.43. The number of aryl methyl sites for hydroxylation is 1. The minimum atomic E-state index is -0.194. The first-order valence-electron chi connectivity index (χ1n) is 6.70. The van der Waals surface area contributed by atoms with Crippen molar-refractivity contribution in [1.82, 2.24) is 15.0 Å². The van der Waals surface area contributed by atoms with Crippen LogP contribution in [-0.4, -0.2) is 52.9 Å². The smallest absolute Gasteiger partial charge is 0.292 e. The van der Waals surface area contributed by atoms with Gasteiger partial charge in [-0.3, -0.25) is 9.59 Å². The molecule has 1 fully saturated rings. The molecule has 0 N–H and O–H groups in total. The van der Waals surface area contributed by atoms with E-state index in [9.17, 15) is 9.59 Å². The lowest BCUT2D eigenvalue weighted by molar-refractivity contribution is 0.0497. The zero-order valence-corrected chi connectivity index (χ0v) is 11.6. The van der Waals surface area contributed by atoms with Gasteiger partial charge in [0.1, 0.15) is 0 Å². The summed E-state index contributed by atoms with van der Waals surface area (Å²) >= 11 is 0. The van der Waals surface area contributed by atoms with E-state index in [2.05, 4.69) is 5.16 Å². The Morgan fingerprint density at radius 1 is 1.10 bits per heavy atom. The van der Waals surface area contributed by atoms with Crippen LogP contribution in [0.4, 0.5) is 0 Å². The monoisotopic (exact) mass is 289 g/mol. The van der Waals surface area contributed by atoms with Gasteiger partial charge in [-0.2, -0.15) is 0 Å². The van der Waals surface area contributed by atoms with E-state index < -0.39 is 0 Å². The molecule has 1 aliphatic rings. The number of hydrogen-bond donors (Lipinski definition) is 0. The maximum atomic E-state index is 12.2. The largest absolute Gasteiger partial charge is 0.459 e. The standard InChI is InChI=1S/C14H15N3O4/c1-10-9-12(21-15-10)14(19)17-6-4-16(5-7-17)13(18)11-3-2-8-20-11/h2-3,8-9H,4-7H2,1H3. The highest BCUT2D eigenvalue weighted by Crippen LogP contribution is 2.12. The molecular weight excluding hydrogens is 274 g/mol. The van der Waals surface area contributed by atoms with E-state index in [-0.39, 0.29) is 17.6 Å². The van der Waals surface area contributed by atoms with Crippen LogP contribution in [0, 0.1) is 6.92 Å². The molecule has 2 amide bonds. The first kappa shape index (κ1) is 13.4. The summed E-state index contributed by atoms with van der Waals surface area (Å²) < 4.78 is 10.1. The van der Waals surface area contributed by atoms with E-state index >= 15 is 0 Å². The lowest BCUT2D eigenvalue weighted by Gasteiger charge is -2.33. The number of amides is 2. The predicted molar refractivity (Wildman–Crippen MR) is 71.8 cm³/mol. The number of rotatable bonds is 2. The van der Waals surface area contributed by atoms with Crippen LogP contribution in [0.3, 0.4) is 0 Å². The second-order valence-electron chi connectivity index (χ2n) is 4.89. The van der Waals surface area contributed by atoms with Gasteiger partial charge in [0, 0.05) is 32.2 Å². The van der Waals surface area contributed by atoms with Crippen LogP contribution >= 0.6 is 0 Å². The summed E-state index contributed by atoms with van der Waals surface area (Å²) in [6.07, 6.45) is 1.47. The molecule has 0 bridgehead atoms. The summed E-state index contributed by atoms with van der Waals surface area (Å²) in [5.74, 6) is 0.210. The van der Waals surface area contributed by atoms with Crippen LogP contribution in [0.15, 0.2) is 33.4 Å². The van der Waals surface area contributed by atoms with Crippen LogP contribution in [0.5, 0.6) is 0 Å². The summed E-state index contributed by atoms with van der Waals surface area (Å²) in [4.78, 5) is 27.6. The van der Waals surface area contributed by atoms with Gasteiger partial charge in [-0.1, -0.05) is 5.16 Å². The Kier molecular flexibility index (Phi) is 3.47. The fourth-order valence-electron chi connectivity index (χ4n) is 2.29. The minimum Gasteiger partial charge on any atom is -0.459 e. The number of hydrogen-bond acceptors (Lipinski definition) is 5. The summed E-state index contributed by atoms with van der Waals surface area (Å²) in [6, 6.07) is 4.93. The highest BCUT2D eigenvalue weighted by Gasteiger charge is 2.28. The summed E-state index contributed by atoms with van der Waals surface area (Å²) in [5.41, 5.74) is 0.671. The first-order chi connectivity index (χ1) is 10.1. The Morgan fingerprint density at radius 3 is 2.19 bits per heavy atom. The lowest BCUT2D eigenvalue weighted by atomic mass is 10.2. The van der Waals surface area contributed by atoms with Crippen LogP contribution in [0.1, 0.15) is 26.8 Å². The lowest BCUT2D eigenvalue weighted by Crippen LogP contribution is -2.50. The molecule has 21 heavy (non-hydrogen) atoms. The maximum absolute atomic E-state index is 12.2. The van der Waals surface area contributed by atoms with Gasteiger partial charge in [0.05, 0.1) is 12.0 Å². The molecule has 0 atom stereocenters. The summed E-state index contributed by atoms with van der Waals surface area (Å²) in [7, 11) is 0. The molecule has 7 heteroatoms. The first-order valence-corrected chi connectivity index (χ1v) is 6.70. The van der Waals surface area contributed by atoms with E-state index in [1.807, 2.05) is 0 Å². The number of carbonyl (C=O) groups is 2. The van der Waals surface area contributed by atoms with Crippen molar-refractivity contribution in [2.45, 2.75) is 6.92 Å². The number of nitrogens with zero attached hydrogens (tertiary/aromatic N) is 3. The van der Waals surface area contributed by atoms with Crippen molar-refractivity contribution < 1.29 is 18.5 Å². The van der Waals surface area contributed by atoms with Crippen molar-refractivity contribution in [3.63, 3.8) is 0 Å². The Balaban J connectivity index is 1.60. The van der Waals surface area contributed by atoms with Crippen molar-refractivity contribution in [1.29, 1.82) is 0 Å². The van der Waals surface area contributed by atoms with Gasteiger partial charge in [-0.25, -0.2) is 0 Å². The molecule has 2 aromatic heterocycles. The van der Waals surface area contributed by atoms with E-state index in [4.69, 9.17) is 8.94 Å². The Morgan fingerprint density at radius 2 is 1.71 bits per heavy atom. The number of aromatic nitrogens is 1. The average molecular weight is 289 g/mol. The van der Waals surface area contributed by atoms with Gasteiger partial charge in [0.15, 0.2) is 5.76 Å². The molecule has 0 spiro atoms. The highest BCUT2D eigenvalue weighted by molar-refractivity contribution is 5.93. The molecule has 2 aromatic rings. The van der Waals surface area contributed by atoms with Crippen molar-refractivity contribution >= 4 is 11.8 Å². The Bertz CT molecular complexity index is 639. The zero-order chi connectivity index (χ0) is 14.8. The van der Waals surface area contributed by atoms with E-state index in [0.717, 1.165) is 0 Å². The third kappa shape index (κ3) is 2.67. The fourth-order valence-corrected chi connectivity index (χ4v) is 2.29. The summed E-state index contributed by atoms with van der Waals surface area (Å²) in [6.45, 7) is 3.63. The topological polar surface area (TPSA) is 79.8 Å². The van der Waals surface area contributed by atoms with Crippen molar-refractivity contribution in [3.05, 3.63) is 41.7 Å². The molecule has 1 saturated heterocycles. The Labute approximate surface area is 121 Å². The third-order valence-corrected chi connectivity index (χ3v) is 3.42. The maximum Gasteiger partial charge on any atom is 0.292 e. The van der Waals surface area contributed by atoms with Crippen LogP contribution in [0.25, 0.3) is 0 Å². The highest BCUT2D eigenvalue weighted by atomic mass is 16.5. The van der Waals surface area contributed by atoms with Crippen molar-refractivity contribution in [2.24, 2.45) is 0 Å². The molecular formula is C14H15N3O4. The van der Waals surface area contributed by atoms with E-state index in [1.165, 1.54) is 6.26 Å². The molecule has 0 aromatic carbocycles. The molecule has 0 unspecified atom stereocenters. The number of furan rings is 1. The zero-order valence-electron chi connectivity index (χ0n) is 11.6. The predicted octanol–water partition coefficient (Wildman–Crippen LogP) is 1.17. The molecule has 0 radical (unpaired) electrons. The molecule has 110 valence electrons. The van der Waals surface area contributed by atoms with Crippen LogP contribution in [-0.2, 0) is 0 Å². The average Bonchev–Trinajstić information content (AvgIpc) is 3.17. The molecule has 0 saturated carbocycles. The molecule has 7 nitrogen and oxygen atoms in total. The van der Waals surface area contributed by atoms with Gasteiger partial charge >= 0.3 is 0 Å². The van der Waals surface area contributed by atoms with E-state index in [1.54, 1.807) is 34.9 Å². The van der Waals surface area contributed by atoms with Crippen molar-refractivity contribution in [2.75, 3.05) is 26.2 Å². The molecule has 0 aliphatic carbocycles. The molecule has 3 rings (SSSR count). The van der Waals surface area contributed by atoms with Crippen molar-refractivity contribution in [3.8, 4) is 0 Å². The van der Waals surface area contributed by atoms with Gasteiger partial charge < -0.3 is 18.7 Å². The van der Waals surface area contributed by atoms with Gasteiger partial charge in [-0.05, 0) is 19.1 Å². The molecule has 1 aliphatic heterocycles. The van der Waals surface area contributed by atoms with E-state index in [0.29, 0.717) is 37.6 Å². The van der Waals surface area contributed by atoms with Gasteiger partial charge in [0.25, 0.3) is 11.8 Å². The quantitative estimate of drug-likeness (QED) is 0.829. The second-order valence-corrected chi connectivity index (χ2v) is 4.89. The molecule has 3 heterocycles. The minimum absolute atomic E-state index is 0.150. The SMILES string of the molecule is Cc1cc(C(=O)N2CCN(C(=O)c3ccco3)CC2)on1. The summed E-state index contributed by atoms with van der Waals surface area (Å²) in [5, 5.41) is 3.71. The van der Waals surface area contributed by atoms with Crippen LogP contribution < -0.4 is 0 Å².